The van der Waals surface area contributed by atoms with Crippen LogP contribution >= 0.6 is 0 Å². The molecule has 2 aliphatic rings. The van der Waals surface area contributed by atoms with Crippen molar-refractivity contribution in [2.24, 2.45) is 5.92 Å². The lowest BCUT2D eigenvalue weighted by Gasteiger charge is -2.20. The summed E-state index contributed by atoms with van der Waals surface area (Å²) in [6.45, 7) is 0. The summed E-state index contributed by atoms with van der Waals surface area (Å²) in [4.78, 5) is 0. The highest BCUT2D eigenvalue weighted by Crippen LogP contribution is 2.36. The predicted molar refractivity (Wildman–Crippen MR) is 49.4 cm³/mol. The molecule has 1 nitrogen and oxygen atoms in total. The van der Waals surface area contributed by atoms with Crippen molar-refractivity contribution in [3.8, 4) is 0 Å². The number of methoxy groups -OCH3 is 1. The van der Waals surface area contributed by atoms with Gasteiger partial charge in [-0.1, -0.05) is 0 Å². The van der Waals surface area contributed by atoms with Crippen LogP contribution in [0.25, 0.3) is 0 Å². The van der Waals surface area contributed by atoms with Crippen molar-refractivity contribution in [2.45, 2.75) is 25.7 Å². The maximum Gasteiger partial charge on any atom is 0.230 e. The number of hydrogen-bond acceptors (Lipinski definition) is 1. The summed E-state index contributed by atoms with van der Waals surface area (Å²) in [6.07, 6.45) is 11.8. The SMILES string of the molecule is COC1=C2CCCCC2C=C[CH+]1. The van der Waals surface area contributed by atoms with Crippen LogP contribution in [0.3, 0.4) is 0 Å². The van der Waals surface area contributed by atoms with Crippen molar-refractivity contribution in [1.82, 2.24) is 0 Å². The van der Waals surface area contributed by atoms with Crippen molar-refractivity contribution in [2.75, 3.05) is 7.11 Å². The second-order valence-corrected chi connectivity index (χ2v) is 3.50. The van der Waals surface area contributed by atoms with Crippen molar-refractivity contribution in [1.29, 1.82) is 0 Å². The minimum absolute atomic E-state index is 0.679. The van der Waals surface area contributed by atoms with Gasteiger partial charge in [0.05, 0.1) is 25.0 Å². The quantitative estimate of drug-likeness (QED) is 0.540. The third-order valence-corrected chi connectivity index (χ3v) is 2.79. The monoisotopic (exact) mass is 163 g/mol. The van der Waals surface area contributed by atoms with E-state index in [2.05, 4.69) is 18.6 Å². The normalized spacial score (nSPS) is 27.9. The third kappa shape index (κ3) is 1.24. The van der Waals surface area contributed by atoms with Gasteiger partial charge < -0.3 is 4.74 Å². The molecule has 1 unspecified atom stereocenters. The van der Waals surface area contributed by atoms with E-state index in [-0.39, 0.29) is 0 Å². The van der Waals surface area contributed by atoms with Crippen LogP contribution in [0, 0.1) is 12.3 Å². The van der Waals surface area contributed by atoms with Crippen LogP contribution in [0.1, 0.15) is 25.7 Å². The van der Waals surface area contributed by atoms with E-state index in [1.54, 1.807) is 7.11 Å². The Morgan fingerprint density at radius 3 is 3.25 bits per heavy atom. The number of fused-ring (bicyclic) bond motifs is 1. The summed E-state index contributed by atoms with van der Waals surface area (Å²) >= 11 is 0. The van der Waals surface area contributed by atoms with E-state index in [4.69, 9.17) is 4.74 Å². The number of allylic oxidation sites excluding steroid dienone is 3. The van der Waals surface area contributed by atoms with Crippen LogP contribution < -0.4 is 0 Å². The molecular weight excluding hydrogens is 148 g/mol. The van der Waals surface area contributed by atoms with Gasteiger partial charge in [0.15, 0.2) is 0 Å². The Labute approximate surface area is 74.1 Å². The second-order valence-electron chi connectivity index (χ2n) is 3.50. The van der Waals surface area contributed by atoms with Crippen molar-refractivity contribution in [3.05, 3.63) is 29.9 Å². The summed E-state index contributed by atoms with van der Waals surface area (Å²) in [6, 6.07) is 0. The van der Waals surface area contributed by atoms with E-state index in [0.717, 1.165) is 5.76 Å². The Morgan fingerprint density at radius 1 is 1.50 bits per heavy atom. The lowest BCUT2D eigenvalue weighted by atomic mass is 9.80. The number of ether oxygens (including phenoxy) is 1. The molecule has 0 amide bonds. The van der Waals surface area contributed by atoms with Gasteiger partial charge in [0.2, 0.25) is 5.76 Å². The summed E-state index contributed by atoms with van der Waals surface area (Å²) in [5, 5.41) is 0. The van der Waals surface area contributed by atoms with Crippen LogP contribution in [-0.2, 0) is 4.74 Å². The van der Waals surface area contributed by atoms with Gasteiger partial charge in [-0.3, -0.25) is 0 Å². The van der Waals surface area contributed by atoms with Crippen LogP contribution in [-0.4, -0.2) is 7.11 Å². The molecule has 1 fully saturated rings. The molecule has 64 valence electrons. The van der Waals surface area contributed by atoms with E-state index in [9.17, 15) is 0 Å². The van der Waals surface area contributed by atoms with Gasteiger partial charge in [-0.25, -0.2) is 0 Å². The Morgan fingerprint density at radius 2 is 2.42 bits per heavy atom. The number of hydrogen-bond donors (Lipinski definition) is 0. The van der Waals surface area contributed by atoms with Gasteiger partial charge in [0, 0.05) is 18.6 Å². The molecule has 1 saturated carbocycles. The van der Waals surface area contributed by atoms with E-state index < -0.39 is 0 Å². The highest BCUT2D eigenvalue weighted by atomic mass is 16.5. The fourth-order valence-corrected chi connectivity index (χ4v) is 2.14. The summed E-state index contributed by atoms with van der Waals surface area (Å²) < 4.78 is 5.33. The van der Waals surface area contributed by atoms with Crippen LogP contribution in [0.15, 0.2) is 23.5 Å². The van der Waals surface area contributed by atoms with Crippen molar-refractivity contribution < 1.29 is 4.74 Å². The Hall–Kier alpha value is -0.850. The van der Waals surface area contributed by atoms with Crippen LogP contribution in [0.5, 0.6) is 0 Å². The lowest BCUT2D eigenvalue weighted by molar-refractivity contribution is 0.284. The standard InChI is InChI=1S/C11H15O/c1-12-11-8-4-6-9-5-2-3-7-10(9)11/h4,6,8-9H,2-3,5,7H2,1H3/q+1. The molecule has 2 rings (SSSR count). The molecule has 12 heavy (non-hydrogen) atoms. The van der Waals surface area contributed by atoms with Gasteiger partial charge in [0.1, 0.15) is 0 Å². The van der Waals surface area contributed by atoms with E-state index in [0.29, 0.717) is 5.92 Å². The van der Waals surface area contributed by atoms with Crippen LogP contribution in [0.4, 0.5) is 0 Å². The van der Waals surface area contributed by atoms with Crippen molar-refractivity contribution in [3.63, 3.8) is 0 Å². The molecule has 0 heterocycles. The molecule has 0 aromatic rings. The van der Waals surface area contributed by atoms with Gasteiger partial charge in [-0.15, -0.1) is 0 Å². The molecule has 0 aromatic heterocycles. The summed E-state index contributed by atoms with van der Waals surface area (Å²) in [5.41, 5.74) is 1.52. The zero-order valence-corrected chi connectivity index (χ0v) is 7.55. The summed E-state index contributed by atoms with van der Waals surface area (Å²) in [5.74, 6) is 1.79. The molecule has 0 saturated heterocycles. The molecule has 0 radical (unpaired) electrons. The average molecular weight is 163 g/mol. The first-order chi connectivity index (χ1) is 5.92. The Balaban J connectivity index is 2.22. The Kier molecular flexibility index (Phi) is 2.11. The van der Waals surface area contributed by atoms with Crippen molar-refractivity contribution >= 4 is 0 Å². The third-order valence-electron chi connectivity index (χ3n) is 2.79. The number of rotatable bonds is 1. The Bertz CT molecular complexity index is 225. The first-order valence-corrected chi connectivity index (χ1v) is 4.70. The fourth-order valence-electron chi connectivity index (χ4n) is 2.14. The highest BCUT2D eigenvalue weighted by molar-refractivity contribution is 5.33. The van der Waals surface area contributed by atoms with E-state index >= 15 is 0 Å². The van der Waals surface area contributed by atoms with E-state index in [1.165, 1.54) is 31.3 Å². The minimum Gasteiger partial charge on any atom is -0.475 e. The largest absolute Gasteiger partial charge is 0.475 e. The van der Waals surface area contributed by atoms with Gasteiger partial charge in [-0.2, -0.15) is 0 Å². The first kappa shape index (κ1) is 7.78. The molecule has 2 aliphatic carbocycles. The molecular formula is C11H15O+. The predicted octanol–water partition coefficient (Wildman–Crippen LogP) is 2.85. The minimum atomic E-state index is 0.679. The summed E-state index contributed by atoms with van der Waals surface area (Å²) in [7, 11) is 1.77. The maximum absolute atomic E-state index is 5.33. The zero-order chi connectivity index (χ0) is 8.39. The van der Waals surface area contributed by atoms with Gasteiger partial charge in [0.25, 0.3) is 0 Å². The first-order valence-electron chi connectivity index (χ1n) is 4.70. The fraction of sp³-hybridized carbons (Fsp3) is 0.545. The maximum atomic E-state index is 5.33. The molecule has 0 spiro atoms. The zero-order valence-electron chi connectivity index (χ0n) is 7.55. The van der Waals surface area contributed by atoms with E-state index in [1.807, 2.05) is 0 Å². The highest BCUT2D eigenvalue weighted by Gasteiger charge is 2.30. The van der Waals surface area contributed by atoms with Crippen LogP contribution in [0.2, 0.25) is 0 Å². The van der Waals surface area contributed by atoms with Gasteiger partial charge >= 0.3 is 0 Å². The molecule has 0 aliphatic heterocycles. The molecule has 1 heteroatoms. The smallest absolute Gasteiger partial charge is 0.230 e. The lowest BCUT2D eigenvalue weighted by Crippen LogP contribution is -2.13. The molecule has 0 aromatic carbocycles. The van der Waals surface area contributed by atoms with Gasteiger partial charge in [-0.05, 0) is 19.3 Å². The molecule has 0 N–H and O–H groups in total. The molecule has 1 atom stereocenters. The average Bonchev–Trinajstić information content (AvgIpc) is 2.17. The molecule has 0 bridgehead atoms. The second kappa shape index (κ2) is 3.26. The topological polar surface area (TPSA) is 9.23 Å².